The van der Waals surface area contributed by atoms with Crippen molar-refractivity contribution in [2.24, 2.45) is 0 Å². The van der Waals surface area contributed by atoms with Gasteiger partial charge >= 0.3 is 0 Å². The molecule has 3 nitrogen and oxygen atoms in total. The van der Waals surface area contributed by atoms with Crippen molar-refractivity contribution in [2.75, 3.05) is 31.3 Å². The SMILES string of the molecule is OCCCNC1CCOC2(CCSC2)C1. The van der Waals surface area contributed by atoms with Crippen LogP contribution in [0.25, 0.3) is 0 Å². The van der Waals surface area contributed by atoms with E-state index in [4.69, 9.17) is 9.84 Å². The minimum absolute atomic E-state index is 0.180. The van der Waals surface area contributed by atoms with Gasteiger partial charge in [0.25, 0.3) is 0 Å². The largest absolute Gasteiger partial charge is 0.396 e. The van der Waals surface area contributed by atoms with Crippen LogP contribution in [-0.4, -0.2) is 48.0 Å². The van der Waals surface area contributed by atoms with E-state index in [0.29, 0.717) is 6.04 Å². The number of rotatable bonds is 4. The van der Waals surface area contributed by atoms with Crippen LogP contribution in [0.3, 0.4) is 0 Å². The van der Waals surface area contributed by atoms with E-state index < -0.39 is 0 Å². The Morgan fingerprint density at radius 3 is 3.20 bits per heavy atom. The Bertz CT molecular complexity index is 195. The highest BCUT2D eigenvalue weighted by atomic mass is 32.2. The van der Waals surface area contributed by atoms with Gasteiger partial charge in [0.2, 0.25) is 0 Å². The number of hydrogen-bond acceptors (Lipinski definition) is 4. The van der Waals surface area contributed by atoms with E-state index in [1.165, 1.54) is 17.9 Å². The lowest BCUT2D eigenvalue weighted by Gasteiger charge is -2.38. The van der Waals surface area contributed by atoms with E-state index in [1.54, 1.807) is 0 Å². The molecule has 2 heterocycles. The predicted molar refractivity (Wildman–Crippen MR) is 63.4 cm³/mol. The highest BCUT2D eigenvalue weighted by Gasteiger charge is 2.40. The van der Waals surface area contributed by atoms with Gasteiger partial charge in [-0.3, -0.25) is 0 Å². The summed E-state index contributed by atoms with van der Waals surface area (Å²) in [6, 6.07) is 0.601. The molecule has 2 rings (SSSR count). The lowest BCUT2D eigenvalue weighted by Crippen LogP contribution is -2.47. The summed E-state index contributed by atoms with van der Waals surface area (Å²) in [5, 5.41) is 12.3. The second-order valence-corrected chi connectivity index (χ2v) is 5.66. The van der Waals surface area contributed by atoms with Crippen LogP contribution in [-0.2, 0) is 4.74 Å². The van der Waals surface area contributed by atoms with Gasteiger partial charge in [0.1, 0.15) is 0 Å². The first-order valence-corrected chi connectivity index (χ1v) is 7.06. The van der Waals surface area contributed by atoms with Crippen molar-refractivity contribution in [3.05, 3.63) is 0 Å². The van der Waals surface area contributed by atoms with Crippen LogP contribution in [0.2, 0.25) is 0 Å². The third-order valence-electron chi connectivity index (χ3n) is 3.33. The quantitative estimate of drug-likeness (QED) is 0.709. The van der Waals surface area contributed by atoms with Crippen LogP contribution >= 0.6 is 11.8 Å². The molecule has 2 unspecified atom stereocenters. The molecule has 0 aromatic heterocycles. The van der Waals surface area contributed by atoms with Crippen LogP contribution in [0.5, 0.6) is 0 Å². The van der Waals surface area contributed by atoms with Gasteiger partial charge in [-0.25, -0.2) is 0 Å². The Kier molecular flexibility index (Phi) is 4.31. The molecule has 0 radical (unpaired) electrons. The fourth-order valence-corrected chi connectivity index (χ4v) is 3.83. The van der Waals surface area contributed by atoms with Crippen molar-refractivity contribution in [3.8, 4) is 0 Å². The van der Waals surface area contributed by atoms with Gasteiger partial charge in [0.05, 0.1) is 5.60 Å². The zero-order chi connectivity index (χ0) is 10.6. The second-order valence-electron chi connectivity index (χ2n) is 4.56. The molecule has 2 N–H and O–H groups in total. The summed E-state index contributed by atoms with van der Waals surface area (Å²) < 4.78 is 5.95. The molecular weight excluding hydrogens is 210 g/mol. The maximum Gasteiger partial charge on any atom is 0.0795 e. The highest BCUT2D eigenvalue weighted by molar-refractivity contribution is 7.99. The topological polar surface area (TPSA) is 41.5 Å². The fourth-order valence-electron chi connectivity index (χ4n) is 2.45. The summed E-state index contributed by atoms with van der Waals surface area (Å²) in [6.07, 6.45) is 4.36. The number of thioether (sulfide) groups is 1. The molecule has 0 amide bonds. The Morgan fingerprint density at radius 2 is 2.47 bits per heavy atom. The molecule has 1 spiro atoms. The van der Waals surface area contributed by atoms with E-state index in [0.717, 1.165) is 32.4 Å². The Balaban J connectivity index is 1.76. The van der Waals surface area contributed by atoms with E-state index in [9.17, 15) is 0 Å². The minimum Gasteiger partial charge on any atom is -0.396 e. The first-order chi connectivity index (χ1) is 7.35. The van der Waals surface area contributed by atoms with Crippen LogP contribution in [0.4, 0.5) is 0 Å². The Labute approximate surface area is 96.0 Å². The van der Waals surface area contributed by atoms with E-state index >= 15 is 0 Å². The molecule has 15 heavy (non-hydrogen) atoms. The molecule has 0 bridgehead atoms. The molecule has 2 aliphatic heterocycles. The first-order valence-electron chi connectivity index (χ1n) is 5.91. The molecule has 2 aliphatic rings. The number of nitrogens with one attached hydrogen (secondary N) is 1. The minimum atomic E-state index is 0.180. The number of ether oxygens (including phenoxy) is 1. The van der Waals surface area contributed by atoms with E-state index in [1.807, 2.05) is 11.8 Å². The summed E-state index contributed by atoms with van der Waals surface area (Å²) in [6.45, 7) is 2.12. The third kappa shape index (κ3) is 3.09. The predicted octanol–water partition coefficient (Wildman–Crippen LogP) is 1.01. The van der Waals surface area contributed by atoms with Crippen molar-refractivity contribution in [1.29, 1.82) is 0 Å². The Hall–Kier alpha value is 0.230. The fraction of sp³-hybridized carbons (Fsp3) is 1.00. The molecule has 4 heteroatoms. The molecule has 2 fully saturated rings. The van der Waals surface area contributed by atoms with Gasteiger partial charge in [0, 0.05) is 25.0 Å². The molecule has 2 saturated heterocycles. The lowest BCUT2D eigenvalue weighted by molar-refractivity contribution is -0.0700. The summed E-state index contributed by atoms with van der Waals surface area (Å²) in [5.74, 6) is 2.43. The highest BCUT2D eigenvalue weighted by Crippen LogP contribution is 2.38. The summed E-state index contributed by atoms with van der Waals surface area (Å²) >= 11 is 2.02. The molecule has 0 saturated carbocycles. The second kappa shape index (κ2) is 5.53. The monoisotopic (exact) mass is 231 g/mol. The van der Waals surface area contributed by atoms with Gasteiger partial charge in [-0.2, -0.15) is 11.8 Å². The van der Waals surface area contributed by atoms with Crippen LogP contribution in [0.1, 0.15) is 25.7 Å². The average molecular weight is 231 g/mol. The zero-order valence-electron chi connectivity index (χ0n) is 9.21. The van der Waals surface area contributed by atoms with Crippen molar-refractivity contribution in [1.82, 2.24) is 5.32 Å². The maximum atomic E-state index is 8.73. The van der Waals surface area contributed by atoms with E-state index in [-0.39, 0.29) is 12.2 Å². The standard InChI is InChI=1S/C11H21NO2S/c13-5-1-4-12-10-2-6-14-11(8-10)3-7-15-9-11/h10,12-13H,1-9H2. The normalized spacial score (nSPS) is 36.2. The van der Waals surface area contributed by atoms with Gasteiger partial charge in [-0.15, -0.1) is 0 Å². The van der Waals surface area contributed by atoms with Gasteiger partial charge in [-0.1, -0.05) is 0 Å². The molecule has 0 aromatic rings. The van der Waals surface area contributed by atoms with Gasteiger partial charge < -0.3 is 15.2 Å². The summed E-state index contributed by atoms with van der Waals surface area (Å²) in [4.78, 5) is 0. The molecular formula is C11H21NO2S. The van der Waals surface area contributed by atoms with Crippen LogP contribution in [0, 0.1) is 0 Å². The number of aliphatic hydroxyl groups is 1. The average Bonchev–Trinajstić information content (AvgIpc) is 2.67. The lowest BCUT2D eigenvalue weighted by atomic mass is 9.90. The van der Waals surface area contributed by atoms with Crippen molar-refractivity contribution in [3.63, 3.8) is 0 Å². The Morgan fingerprint density at radius 1 is 1.53 bits per heavy atom. The first kappa shape index (κ1) is 11.7. The van der Waals surface area contributed by atoms with Crippen LogP contribution in [0.15, 0.2) is 0 Å². The van der Waals surface area contributed by atoms with Crippen LogP contribution < -0.4 is 5.32 Å². The number of aliphatic hydroxyl groups excluding tert-OH is 1. The van der Waals surface area contributed by atoms with Gasteiger partial charge in [0.15, 0.2) is 0 Å². The van der Waals surface area contributed by atoms with Gasteiger partial charge in [-0.05, 0) is 38.0 Å². The number of hydrogen-bond donors (Lipinski definition) is 2. The third-order valence-corrected chi connectivity index (χ3v) is 4.55. The summed E-state index contributed by atoms with van der Waals surface area (Å²) in [5.41, 5.74) is 0.180. The smallest absolute Gasteiger partial charge is 0.0795 e. The molecule has 2 atom stereocenters. The van der Waals surface area contributed by atoms with Crippen molar-refractivity contribution < 1.29 is 9.84 Å². The summed E-state index contributed by atoms with van der Waals surface area (Å²) in [7, 11) is 0. The van der Waals surface area contributed by atoms with Crippen molar-refractivity contribution in [2.45, 2.75) is 37.3 Å². The van der Waals surface area contributed by atoms with Crippen molar-refractivity contribution >= 4 is 11.8 Å². The van der Waals surface area contributed by atoms with E-state index in [2.05, 4.69) is 5.32 Å². The maximum absolute atomic E-state index is 8.73. The molecule has 88 valence electrons. The molecule has 0 aliphatic carbocycles. The molecule has 0 aromatic carbocycles. The zero-order valence-corrected chi connectivity index (χ0v) is 10.0.